The van der Waals surface area contributed by atoms with Gasteiger partial charge in [-0.1, -0.05) is 36.2 Å². The van der Waals surface area contributed by atoms with E-state index in [-0.39, 0.29) is 24.1 Å². The van der Waals surface area contributed by atoms with E-state index < -0.39 is 9.84 Å². The molecule has 1 heterocycles. The Morgan fingerprint density at radius 3 is 2.38 bits per heavy atom. The molecule has 0 aliphatic carbocycles. The molecule has 1 aliphatic heterocycles. The summed E-state index contributed by atoms with van der Waals surface area (Å²) in [7, 11) is -3.11. The molecule has 2 rings (SSSR count). The molecule has 0 bridgehead atoms. The van der Waals surface area contributed by atoms with Crippen molar-refractivity contribution in [3.8, 4) is 0 Å². The number of piperidine rings is 1. The lowest BCUT2D eigenvalue weighted by Crippen LogP contribution is -2.40. The molecule has 0 saturated carbocycles. The van der Waals surface area contributed by atoms with Gasteiger partial charge in [-0.2, -0.15) is 0 Å². The van der Waals surface area contributed by atoms with E-state index in [1.54, 1.807) is 0 Å². The third kappa shape index (κ3) is 6.24. The van der Waals surface area contributed by atoms with E-state index in [9.17, 15) is 13.2 Å². The summed E-state index contributed by atoms with van der Waals surface area (Å²) in [5, 5.41) is 2.92. The van der Waals surface area contributed by atoms with Crippen LogP contribution in [-0.4, -0.2) is 50.9 Å². The smallest absolute Gasteiger partial charge is 0.221 e. The van der Waals surface area contributed by atoms with Crippen molar-refractivity contribution in [1.29, 1.82) is 0 Å². The van der Waals surface area contributed by atoms with Crippen LogP contribution in [0.5, 0.6) is 0 Å². The monoisotopic (exact) mass is 352 g/mol. The molecule has 1 fully saturated rings. The Hall–Kier alpha value is -1.40. The van der Waals surface area contributed by atoms with Gasteiger partial charge in [-0.05, 0) is 38.4 Å². The Morgan fingerprint density at radius 2 is 1.79 bits per heavy atom. The molecular weight excluding hydrogens is 324 g/mol. The Morgan fingerprint density at radius 1 is 1.17 bits per heavy atom. The molecule has 1 amide bonds. The summed E-state index contributed by atoms with van der Waals surface area (Å²) in [4.78, 5) is 14.4. The van der Waals surface area contributed by atoms with Crippen molar-refractivity contribution in [2.24, 2.45) is 0 Å². The van der Waals surface area contributed by atoms with Gasteiger partial charge in [0.25, 0.3) is 0 Å². The van der Waals surface area contributed by atoms with Crippen LogP contribution < -0.4 is 5.32 Å². The number of carbonyl (C=O) groups is 1. The lowest BCUT2D eigenvalue weighted by Gasteiger charge is -2.35. The normalized spacial score (nSPS) is 17.4. The number of likely N-dealkylation sites (tertiary alicyclic amines) is 1. The van der Waals surface area contributed by atoms with Gasteiger partial charge in [-0.3, -0.25) is 9.69 Å². The van der Waals surface area contributed by atoms with E-state index in [4.69, 9.17) is 0 Å². The predicted molar refractivity (Wildman–Crippen MR) is 96.7 cm³/mol. The third-order valence-corrected chi connectivity index (χ3v) is 5.43. The first-order valence-electron chi connectivity index (χ1n) is 8.60. The molecule has 1 aromatic rings. The van der Waals surface area contributed by atoms with Crippen LogP contribution in [0.3, 0.4) is 0 Å². The number of hydrogen-bond acceptors (Lipinski definition) is 4. The maximum atomic E-state index is 12.0. The van der Waals surface area contributed by atoms with Gasteiger partial charge in [0.05, 0.1) is 11.8 Å². The van der Waals surface area contributed by atoms with Gasteiger partial charge in [-0.15, -0.1) is 0 Å². The van der Waals surface area contributed by atoms with Gasteiger partial charge in [0.1, 0.15) is 9.84 Å². The van der Waals surface area contributed by atoms with Crippen LogP contribution in [0.15, 0.2) is 24.3 Å². The molecule has 1 N–H and O–H groups in total. The van der Waals surface area contributed by atoms with Gasteiger partial charge in [0.15, 0.2) is 0 Å². The lowest BCUT2D eigenvalue weighted by atomic mass is 10.0. The van der Waals surface area contributed by atoms with Crippen LogP contribution in [0.1, 0.15) is 42.9 Å². The quantitative estimate of drug-likeness (QED) is 0.816. The summed E-state index contributed by atoms with van der Waals surface area (Å²) in [5.74, 6) is -0.299. The SMILES string of the molecule is Cc1ccc(C(CNC(=O)CCS(C)(=O)=O)N2CCCCC2)cc1. The lowest BCUT2D eigenvalue weighted by molar-refractivity contribution is -0.121. The molecule has 0 spiro atoms. The number of hydrogen-bond donors (Lipinski definition) is 1. The first kappa shape index (κ1) is 18.9. The minimum Gasteiger partial charge on any atom is -0.354 e. The molecule has 6 heteroatoms. The molecule has 1 aliphatic rings. The molecule has 1 aromatic carbocycles. The number of benzene rings is 1. The van der Waals surface area contributed by atoms with Crippen LogP contribution in [-0.2, 0) is 14.6 Å². The number of amides is 1. The van der Waals surface area contributed by atoms with E-state index in [1.165, 1.54) is 30.4 Å². The summed E-state index contributed by atoms with van der Waals surface area (Å²) >= 11 is 0. The Labute approximate surface area is 145 Å². The fourth-order valence-electron chi connectivity index (χ4n) is 3.05. The van der Waals surface area contributed by atoms with Gasteiger partial charge in [0.2, 0.25) is 5.91 Å². The zero-order valence-electron chi connectivity index (χ0n) is 14.6. The fraction of sp³-hybridized carbons (Fsp3) is 0.611. The van der Waals surface area contributed by atoms with Crippen LogP contribution >= 0.6 is 0 Å². The van der Waals surface area contributed by atoms with Crippen molar-refractivity contribution in [2.75, 3.05) is 31.6 Å². The van der Waals surface area contributed by atoms with Crippen molar-refractivity contribution >= 4 is 15.7 Å². The summed E-state index contributed by atoms with van der Waals surface area (Å²) in [6, 6.07) is 8.58. The topological polar surface area (TPSA) is 66.5 Å². The third-order valence-electron chi connectivity index (χ3n) is 4.49. The summed E-state index contributed by atoms with van der Waals surface area (Å²) < 4.78 is 22.4. The minimum absolute atomic E-state index is 0.0272. The first-order chi connectivity index (χ1) is 11.3. The second-order valence-electron chi connectivity index (χ2n) is 6.71. The molecule has 1 atom stereocenters. The molecule has 0 radical (unpaired) electrons. The molecule has 24 heavy (non-hydrogen) atoms. The number of rotatable bonds is 7. The van der Waals surface area contributed by atoms with Crippen molar-refractivity contribution in [3.63, 3.8) is 0 Å². The second-order valence-corrected chi connectivity index (χ2v) is 8.97. The van der Waals surface area contributed by atoms with E-state index in [2.05, 4.69) is 41.4 Å². The molecule has 134 valence electrons. The van der Waals surface area contributed by atoms with E-state index in [0.29, 0.717) is 6.54 Å². The highest BCUT2D eigenvalue weighted by molar-refractivity contribution is 7.90. The van der Waals surface area contributed by atoms with Crippen molar-refractivity contribution < 1.29 is 13.2 Å². The Balaban J connectivity index is 2.00. The van der Waals surface area contributed by atoms with Crippen LogP contribution in [0.25, 0.3) is 0 Å². The molecule has 0 aromatic heterocycles. The maximum absolute atomic E-state index is 12.0. The van der Waals surface area contributed by atoms with Gasteiger partial charge < -0.3 is 5.32 Å². The molecule has 1 saturated heterocycles. The van der Waals surface area contributed by atoms with Crippen LogP contribution in [0.2, 0.25) is 0 Å². The fourth-order valence-corrected chi connectivity index (χ4v) is 3.61. The van der Waals surface area contributed by atoms with Crippen LogP contribution in [0, 0.1) is 6.92 Å². The number of sulfone groups is 1. The van der Waals surface area contributed by atoms with Crippen molar-refractivity contribution in [3.05, 3.63) is 35.4 Å². The Bertz CT molecular complexity index is 635. The number of nitrogens with one attached hydrogen (secondary N) is 1. The minimum atomic E-state index is -3.11. The average molecular weight is 353 g/mol. The molecule has 5 nitrogen and oxygen atoms in total. The summed E-state index contributed by atoms with van der Waals surface area (Å²) in [6.07, 6.45) is 4.81. The zero-order chi connectivity index (χ0) is 17.6. The maximum Gasteiger partial charge on any atom is 0.221 e. The van der Waals surface area contributed by atoms with Crippen molar-refractivity contribution in [1.82, 2.24) is 10.2 Å². The highest BCUT2D eigenvalue weighted by atomic mass is 32.2. The molecular formula is C18H28N2O3S. The standard InChI is InChI=1S/C18H28N2O3S/c1-15-6-8-16(9-7-15)17(20-11-4-3-5-12-20)14-19-18(21)10-13-24(2,22)23/h6-9,17H,3-5,10-14H2,1-2H3,(H,19,21). The van der Waals surface area contributed by atoms with Crippen molar-refractivity contribution in [2.45, 2.75) is 38.6 Å². The number of aryl methyl sites for hydroxylation is 1. The second kappa shape index (κ2) is 8.62. The first-order valence-corrected chi connectivity index (χ1v) is 10.7. The summed E-state index contributed by atoms with van der Waals surface area (Å²) in [6.45, 7) is 4.66. The highest BCUT2D eigenvalue weighted by Crippen LogP contribution is 2.24. The van der Waals surface area contributed by atoms with Crippen LogP contribution in [0.4, 0.5) is 0 Å². The largest absolute Gasteiger partial charge is 0.354 e. The summed E-state index contributed by atoms with van der Waals surface area (Å²) in [5.41, 5.74) is 2.42. The van der Waals surface area contributed by atoms with Gasteiger partial charge in [0, 0.05) is 19.2 Å². The number of carbonyl (C=O) groups excluding carboxylic acids is 1. The van der Waals surface area contributed by atoms with E-state index in [1.807, 2.05) is 0 Å². The highest BCUT2D eigenvalue weighted by Gasteiger charge is 2.23. The molecule has 1 unspecified atom stereocenters. The van der Waals surface area contributed by atoms with E-state index >= 15 is 0 Å². The zero-order valence-corrected chi connectivity index (χ0v) is 15.4. The average Bonchev–Trinajstić information content (AvgIpc) is 2.55. The number of nitrogens with zero attached hydrogens (tertiary/aromatic N) is 1. The van der Waals surface area contributed by atoms with Gasteiger partial charge >= 0.3 is 0 Å². The van der Waals surface area contributed by atoms with Gasteiger partial charge in [-0.25, -0.2) is 8.42 Å². The predicted octanol–water partition coefficient (Wildman–Crippen LogP) is 2.07. The Kier molecular flexibility index (Phi) is 6.80. The van der Waals surface area contributed by atoms with E-state index in [0.717, 1.165) is 19.3 Å².